The Kier molecular flexibility index (Phi) is 19.4. The molecule has 0 spiro atoms. The fourth-order valence-electron chi connectivity index (χ4n) is 3.60. The molecule has 12 heteroatoms. The number of aryl methyl sites for hydroxylation is 1. The number of alkyl carbamates (subject to hydrolysis) is 1. The minimum Gasteiger partial charge on any atom is -0.444 e. The van der Waals surface area contributed by atoms with Gasteiger partial charge in [-0.2, -0.15) is 0 Å². The van der Waals surface area contributed by atoms with E-state index in [9.17, 15) is 14.4 Å². The van der Waals surface area contributed by atoms with Crippen LogP contribution in [0.1, 0.15) is 58.1 Å². The normalized spacial score (nSPS) is 12.9. The van der Waals surface area contributed by atoms with E-state index in [1.165, 1.54) is 5.56 Å². The number of carbonyl (C=O) groups is 3. The lowest BCUT2D eigenvalue weighted by molar-refractivity contribution is -0.125. The Labute approximate surface area is 250 Å². The van der Waals surface area contributed by atoms with Crippen molar-refractivity contribution in [3.63, 3.8) is 0 Å². The number of primary amides is 1. The Morgan fingerprint density at radius 2 is 1.40 bits per heavy atom. The van der Waals surface area contributed by atoms with Crippen molar-refractivity contribution >= 4 is 17.9 Å². The minimum absolute atomic E-state index is 0.0352. The van der Waals surface area contributed by atoms with E-state index in [1.54, 1.807) is 27.8 Å². The van der Waals surface area contributed by atoms with Crippen molar-refractivity contribution in [2.45, 2.75) is 77.7 Å². The maximum Gasteiger partial charge on any atom is 0.407 e. The Hall–Kier alpha value is -2.77. The van der Waals surface area contributed by atoms with Gasteiger partial charge in [-0.05, 0) is 58.1 Å². The average molecular weight is 598 g/mol. The van der Waals surface area contributed by atoms with E-state index in [-0.39, 0.29) is 25.0 Å². The first kappa shape index (κ1) is 37.3. The van der Waals surface area contributed by atoms with E-state index < -0.39 is 23.6 Å². The molecule has 2 atom stereocenters. The molecule has 0 radical (unpaired) electrons. The van der Waals surface area contributed by atoms with Gasteiger partial charge in [0.05, 0.1) is 58.4 Å². The summed E-state index contributed by atoms with van der Waals surface area (Å²) in [6, 6.07) is 7.76. The van der Waals surface area contributed by atoms with Gasteiger partial charge < -0.3 is 44.8 Å². The van der Waals surface area contributed by atoms with Gasteiger partial charge in [-0.3, -0.25) is 9.59 Å². The third-order valence-corrected chi connectivity index (χ3v) is 5.89. The van der Waals surface area contributed by atoms with Crippen molar-refractivity contribution in [2.24, 2.45) is 5.73 Å². The molecule has 0 aliphatic carbocycles. The number of nitrogens with two attached hydrogens (primary N) is 1. The largest absolute Gasteiger partial charge is 0.444 e. The minimum atomic E-state index is -0.630. The van der Waals surface area contributed by atoms with E-state index in [4.69, 9.17) is 34.2 Å². The predicted molar refractivity (Wildman–Crippen MR) is 158 cm³/mol. The third kappa shape index (κ3) is 20.2. The quantitative estimate of drug-likeness (QED) is 0.161. The number of rotatable bonds is 23. The zero-order valence-electron chi connectivity index (χ0n) is 25.9. The van der Waals surface area contributed by atoms with Gasteiger partial charge >= 0.3 is 6.09 Å². The molecule has 0 aliphatic rings. The SMILES string of the molecule is CNC(=O)COCCOCCOCCOCCCc1ccc(CO[C@H](C)C(CCC(N)=O)NC(=O)OC(C)(C)C)cc1. The molecule has 0 aliphatic heterocycles. The van der Waals surface area contributed by atoms with Crippen LogP contribution >= 0.6 is 0 Å². The summed E-state index contributed by atoms with van der Waals surface area (Å²) in [4.78, 5) is 34.5. The van der Waals surface area contributed by atoms with Gasteiger partial charge in [0.2, 0.25) is 11.8 Å². The summed E-state index contributed by atoms with van der Waals surface area (Å²) < 4.78 is 33.0. The molecule has 240 valence electrons. The van der Waals surface area contributed by atoms with Crippen molar-refractivity contribution in [2.75, 3.05) is 59.9 Å². The number of likely N-dealkylation sites (N-methyl/N-ethyl adjacent to an activating group) is 1. The fourth-order valence-corrected chi connectivity index (χ4v) is 3.60. The average Bonchev–Trinajstić information content (AvgIpc) is 2.93. The lowest BCUT2D eigenvalue weighted by Crippen LogP contribution is -2.45. The lowest BCUT2D eigenvalue weighted by atomic mass is 10.1. The number of carbonyl (C=O) groups excluding carboxylic acids is 3. The molecule has 3 amide bonds. The molecule has 0 bridgehead atoms. The van der Waals surface area contributed by atoms with E-state index in [2.05, 4.69) is 22.8 Å². The van der Waals surface area contributed by atoms with Crippen LogP contribution in [0.5, 0.6) is 0 Å². The summed E-state index contributed by atoms with van der Waals surface area (Å²) in [5.74, 6) is -0.599. The molecule has 0 aromatic heterocycles. The molecule has 1 rings (SSSR count). The zero-order chi connectivity index (χ0) is 31.2. The zero-order valence-corrected chi connectivity index (χ0v) is 25.9. The Morgan fingerprint density at radius 3 is 1.95 bits per heavy atom. The van der Waals surface area contributed by atoms with Crippen LogP contribution in [0.4, 0.5) is 4.79 Å². The van der Waals surface area contributed by atoms with Gasteiger partial charge in [-0.25, -0.2) is 4.79 Å². The number of nitrogens with one attached hydrogen (secondary N) is 2. The molecular formula is C30H51N3O9. The molecule has 0 saturated carbocycles. The standard InChI is InChI=1S/C30H51N3O9/c1-23(26(12-13-27(31)34)33-29(36)42-30(2,3)4)41-21-25-10-8-24(9-11-25)7-6-14-37-15-16-38-17-18-39-19-20-40-22-28(35)32-5/h8-11,23,26H,6-7,12-22H2,1-5H3,(H2,31,34)(H,32,35)(H,33,36)/t23-,26?/m1/s1. The summed E-state index contributed by atoms with van der Waals surface area (Å²) in [6.07, 6.45) is 1.36. The molecule has 4 N–H and O–H groups in total. The van der Waals surface area contributed by atoms with Crippen LogP contribution in [0.25, 0.3) is 0 Å². The number of hydrogen-bond acceptors (Lipinski definition) is 9. The second-order valence-electron chi connectivity index (χ2n) is 10.8. The van der Waals surface area contributed by atoms with Crippen molar-refractivity contribution < 1.29 is 42.8 Å². The Bertz CT molecular complexity index is 891. The summed E-state index contributed by atoms with van der Waals surface area (Å²) in [5, 5.41) is 5.28. The lowest BCUT2D eigenvalue weighted by Gasteiger charge is -2.27. The highest BCUT2D eigenvalue weighted by Gasteiger charge is 2.24. The number of benzene rings is 1. The van der Waals surface area contributed by atoms with E-state index in [0.29, 0.717) is 59.3 Å². The van der Waals surface area contributed by atoms with Gasteiger partial charge in [0.1, 0.15) is 12.2 Å². The highest BCUT2D eigenvalue weighted by molar-refractivity contribution is 5.76. The van der Waals surface area contributed by atoms with Crippen LogP contribution < -0.4 is 16.4 Å². The smallest absolute Gasteiger partial charge is 0.407 e. The number of hydrogen-bond donors (Lipinski definition) is 3. The van der Waals surface area contributed by atoms with Gasteiger partial charge in [-0.15, -0.1) is 0 Å². The summed E-state index contributed by atoms with van der Waals surface area (Å²) in [5.41, 5.74) is 6.88. The molecule has 1 aromatic carbocycles. The predicted octanol–water partition coefficient (Wildman–Crippen LogP) is 2.50. The number of amides is 3. The second-order valence-corrected chi connectivity index (χ2v) is 10.8. The van der Waals surface area contributed by atoms with Gasteiger partial charge in [0.15, 0.2) is 0 Å². The maximum absolute atomic E-state index is 12.2. The molecule has 42 heavy (non-hydrogen) atoms. The second kappa shape index (κ2) is 21.9. The molecule has 12 nitrogen and oxygen atoms in total. The van der Waals surface area contributed by atoms with Crippen molar-refractivity contribution in [1.82, 2.24) is 10.6 Å². The van der Waals surface area contributed by atoms with Gasteiger partial charge in [0, 0.05) is 20.1 Å². The van der Waals surface area contributed by atoms with Crippen molar-refractivity contribution in [3.05, 3.63) is 35.4 Å². The van der Waals surface area contributed by atoms with Crippen LogP contribution in [0.3, 0.4) is 0 Å². The molecule has 0 saturated heterocycles. The maximum atomic E-state index is 12.2. The topological polar surface area (TPSA) is 157 Å². The number of ether oxygens (including phenoxy) is 6. The van der Waals surface area contributed by atoms with Gasteiger partial charge in [-0.1, -0.05) is 24.3 Å². The van der Waals surface area contributed by atoms with Crippen LogP contribution in [-0.4, -0.2) is 95.6 Å². The fraction of sp³-hybridized carbons (Fsp3) is 0.700. The molecule has 0 fully saturated rings. The van der Waals surface area contributed by atoms with Crippen LogP contribution in [-0.2, 0) is 51.0 Å². The van der Waals surface area contributed by atoms with E-state index >= 15 is 0 Å². The first-order valence-corrected chi connectivity index (χ1v) is 14.5. The van der Waals surface area contributed by atoms with E-state index in [0.717, 1.165) is 18.4 Å². The molecular weight excluding hydrogens is 546 g/mol. The molecule has 0 heterocycles. The van der Waals surface area contributed by atoms with Crippen LogP contribution in [0.2, 0.25) is 0 Å². The van der Waals surface area contributed by atoms with Crippen molar-refractivity contribution in [3.8, 4) is 0 Å². The summed E-state index contributed by atoms with van der Waals surface area (Å²) in [6.45, 7) is 11.0. The monoisotopic (exact) mass is 597 g/mol. The Morgan fingerprint density at radius 1 is 0.857 bits per heavy atom. The van der Waals surface area contributed by atoms with Crippen LogP contribution in [0, 0.1) is 0 Å². The Balaban J connectivity index is 2.20. The first-order chi connectivity index (χ1) is 20.0. The molecule has 1 unspecified atom stereocenters. The molecule has 1 aromatic rings. The van der Waals surface area contributed by atoms with Crippen LogP contribution in [0.15, 0.2) is 24.3 Å². The van der Waals surface area contributed by atoms with E-state index in [1.807, 2.05) is 19.1 Å². The first-order valence-electron chi connectivity index (χ1n) is 14.5. The van der Waals surface area contributed by atoms with Gasteiger partial charge in [0.25, 0.3) is 0 Å². The third-order valence-electron chi connectivity index (χ3n) is 5.89. The van der Waals surface area contributed by atoms with Crippen molar-refractivity contribution in [1.29, 1.82) is 0 Å². The highest BCUT2D eigenvalue weighted by Crippen LogP contribution is 2.14. The summed E-state index contributed by atoms with van der Waals surface area (Å²) >= 11 is 0. The summed E-state index contributed by atoms with van der Waals surface area (Å²) in [7, 11) is 1.56. The highest BCUT2D eigenvalue weighted by atomic mass is 16.6.